The van der Waals surface area contributed by atoms with Gasteiger partial charge in [0.25, 0.3) is 23.3 Å². The van der Waals surface area contributed by atoms with Crippen molar-refractivity contribution in [2.45, 2.75) is 50.9 Å². The second kappa shape index (κ2) is 14.3. The maximum absolute atomic E-state index is 13.2. The number of nitrogens with zero attached hydrogens (tertiary/aromatic N) is 7. The maximum atomic E-state index is 13.2. The standard InChI is InChI=1S/C40H42N10O6/c1-2-24-14-32-33(44-36(24)52)13-23(16-41-32)18-46-9-11-47(12-10-46)27-4-6-31(42-17-27)37(53)43-25-19-48(20-25)28-21-49(22-28)26-3-5-29-30(15-26)40(56)50(39(29)55)34-7-8-35(51)45-38(34)54/h3-6,13-17,25,28,34H,2,7-12,18-22H2,1H3,(H,43,53)(H,44,52)(H,45,51,54). The number of carbonyl (C=O) groups excluding carboxylic acids is 5. The molecule has 16 heteroatoms. The van der Waals surface area contributed by atoms with Gasteiger partial charge in [-0.1, -0.05) is 6.92 Å². The Balaban J connectivity index is 0.714. The molecule has 1 atom stereocenters. The topological polar surface area (TPSA) is 184 Å². The molecule has 0 bridgehead atoms. The molecular weight excluding hydrogens is 717 g/mol. The van der Waals surface area contributed by atoms with Gasteiger partial charge in [0.05, 0.1) is 40.1 Å². The Morgan fingerprint density at radius 2 is 1.61 bits per heavy atom. The first kappa shape index (κ1) is 35.7. The molecular formula is C40H42N10O6. The Hall–Kier alpha value is -6.00. The zero-order valence-corrected chi connectivity index (χ0v) is 31.0. The van der Waals surface area contributed by atoms with E-state index in [1.807, 2.05) is 37.4 Å². The van der Waals surface area contributed by atoms with Crippen molar-refractivity contribution in [3.63, 3.8) is 0 Å². The molecule has 1 unspecified atom stereocenters. The molecule has 16 nitrogen and oxygen atoms in total. The zero-order chi connectivity index (χ0) is 38.7. The van der Waals surface area contributed by atoms with Gasteiger partial charge in [0.15, 0.2) is 0 Å². The van der Waals surface area contributed by atoms with Gasteiger partial charge in [-0.3, -0.25) is 53.8 Å². The van der Waals surface area contributed by atoms with Crippen LogP contribution in [0.4, 0.5) is 11.4 Å². The van der Waals surface area contributed by atoms with Gasteiger partial charge in [0, 0.05) is 88.8 Å². The summed E-state index contributed by atoms with van der Waals surface area (Å²) in [6, 6.07) is 12.1. The van der Waals surface area contributed by atoms with E-state index in [0.717, 1.165) is 97.3 Å². The highest BCUT2D eigenvalue weighted by Gasteiger charge is 2.45. The van der Waals surface area contributed by atoms with Crippen LogP contribution in [0.25, 0.3) is 11.0 Å². The minimum absolute atomic E-state index is 0.0276. The number of carbonyl (C=O) groups is 5. The number of aromatic nitrogens is 3. The predicted molar refractivity (Wildman–Crippen MR) is 205 cm³/mol. The lowest BCUT2D eigenvalue weighted by molar-refractivity contribution is -0.136. The van der Waals surface area contributed by atoms with Crippen molar-refractivity contribution in [2.24, 2.45) is 0 Å². The Bertz CT molecular complexity index is 2330. The Labute approximate surface area is 321 Å². The highest BCUT2D eigenvalue weighted by Crippen LogP contribution is 2.33. The van der Waals surface area contributed by atoms with Crippen LogP contribution in [-0.2, 0) is 22.6 Å². The van der Waals surface area contributed by atoms with Crippen molar-refractivity contribution in [2.75, 3.05) is 62.2 Å². The average molecular weight is 759 g/mol. The smallest absolute Gasteiger partial charge is 0.270 e. The van der Waals surface area contributed by atoms with Gasteiger partial charge in [0.2, 0.25) is 11.8 Å². The number of aromatic amines is 1. The molecule has 288 valence electrons. The Kier molecular flexibility index (Phi) is 9.08. The van der Waals surface area contributed by atoms with Crippen LogP contribution in [0.1, 0.15) is 62.1 Å². The SMILES string of the molecule is CCc1cc2ncc(CN3CCN(c4ccc(C(=O)NC5CN(C6CN(c7ccc8c(c7)C(=O)N(C7CCC(=O)NC7=O)C8=O)C6)C5)nc4)CC3)cc2[nH]c1=O. The first-order valence-corrected chi connectivity index (χ1v) is 19.2. The number of rotatable bonds is 9. The largest absolute Gasteiger partial charge is 0.368 e. The quantitative estimate of drug-likeness (QED) is 0.206. The second-order valence-corrected chi connectivity index (χ2v) is 15.3. The van der Waals surface area contributed by atoms with Crippen LogP contribution in [0, 0.1) is 0 Å². The average Bonchev–Trinajstić information content (AvgIpc) is 3.41. The number of anilines is 2. The van der Waals surface area contributed by atoms with E-state index in [4.69, 9.17) is 0 Å². The Morgan fingerprint density at radius 3 is 2.34 bits per heavy atom. The summed E-state index contributed by atoms with van der Waals surface area (Å²) >= 11 is 0. The number of imide groups is 2. The van der Waals surface area contributed by atoms with E-state index in [1.165, 1.54) is 0 Å². The number of pyridine rings is 3. The van der Waals surface area contributed by atoms with Crippen molar-refractivity contribution in [3.8, 4) is 0 Å². The third-order valence-electron chi connectivity index (χ3n) is 11.7. The van der Waals surface area contributed by atoms with E-state index in [-0.39, 0.29) is 41.5 Å². The molecule has 4 fully saturated rings. The van der Waals surface area contributed by atoms with Crippen molar-refractivity contribution in [1.29, 1.82) is 0 Å². The normalized spacial score (nSPS) is 20.9. The number of nitrogens with one attached hydrogen (secondary N) is 3. The molecule has 3 N–H and O–H groups in total. The van der Waals surface area contributed by atoms with Crippen LogP contribution in [0.2, 0.25) is 0 Å². The predicted octanol–water partition coefficient (Wildman–Crippen LogP) is 0.907. The highest BCUT2D eigenvalue weighted by atomic mass is 16.2. The number of aryl methyl sites for hydroxylation is 1. The van der Waals surface area contributed by atoms with E-state index in [1.54, 1.807) is 24.4 Å². The summed E-state index contributed by atoms with van der Waals surface area (Å²) in [5.74, 6) is -2.25. The number of hydrogen-bond donors (Lipinski definition) is 3. The molecule has 5 aliphatic heterocycles. The molecule has 5 aliphatic rings. The minimum Gasteiger partial charge on any atom is -0.368 e. The van der Waals surface area contributed by atoms with Crippen molar-refractivity contribution in [1.82, 2.24) is 40.3 Å². The molecule has 0 spiro atoms. The molecule has 56 heavy (non-hydrogen) atoms. The van der Waals surface area contributed by atoms with E-state index in [9.17, 15) is 28.8 Å². The number of H-pyrrole nitrogens is 1. The number of fused-ring (bicyclic) bond motifs is 2. The van der Waals surface area contributed by atoms with Gasteiger partial charge in [-0.2, -0.15) is 0 Å². The minimum atomic E-state index is -0.989. The summed E-state index contributed by atoms with van der Waals surface area (Å²) in [5, 5.41) is 5.33. The molecule has 5 amide bonds. The van der Waals surface area contributed by atoms with E-state index in [0.29, 0.717) is 18.2 Å². The number of benzene rings is 1. The lowest BCUT2D eigenvalue weighted by Crippen LogP contribution is -2.69. The molecule has 1 aromatic carbocycles. The monoisotopic (exact) mass is 758 g/mol. The highest BCUT2D eigenvalue weighted by molar-refractivity contribution is 6.23. The fourth-order valence-electron chi connectivity index (χ4n) is 8.36. The van der Waals surface area contributed by atoms with E-state index >= 15 is 0 Å². The number of amides is 5. The van der Waals surface area contributed by atoms with E-state index < -0.39 is 29.7 Å². The van der Waals surface area contributed by atoms with Gasteiger partial charge >= 0.3 is 0 Å². The van der Waals surface area contributed by atoms with Crippen molar-refractivity contribution in [3.05, 3.63) is 93.2 Å². The fourth-order valence-corrected chi connectivity index (χ4v) is 8.36. The second-order valence-electron chi connectivity index (χ2n) is 15.3. The van der Waals surface area contributed by atoms with Crippen molar-refractivity contribution >= 4 is 51.9 Å². The molecule has 0 saturated carbocycles. The van der Waals surface area contributed by atoms with Crippen LogP contribution in [-0.4, -0.2) is 130 Å². The van der Waals surface area contributed by atoms with Gasteiger partial charge in [0.1, 0.15) is 11.7 Å². The zero-order valence-electron chi connectivity index (χ0n) is 31.0. The summed E-state index contributed by atoms with van der Waals surface area (Å²) in [5.41, 5.74) is 6.03. The van der Waals surface area contributed by atoms with E-state index in [2.05, 4.69) is 45.2 Å². The molecule has 8 heterocycles. The van der Waals surface area contributed by atoms with Crippen molar-refractivity contribution < 1.29 is 24.0 Å². The Morgan fingerprint density at radius 1 is 0.839 bits per heavy atom. The fraction of sp³-hybridized carbons (Fsp3) is 0.400. The molecule has 4 saturated heterocycles. The first-order chi connectivity index (χ1) is 27.1. The number of piperidine rings is 1. The molecule has 3 aromatic heterocycles. The maximum Gasteiger partial charge on any atom is 0.270 e. The lowest BCUT2D eigenvalue weighted by atomic mass is 9.98. The first-order valence-electron chi connectivity index (χ1n) is 19.2. The molecule has 4 aromatic rings. The summed E-state index contributed by atoms with van der Waals surface area (Å²) in [4.78, 5) is 97.7. The third kappa shape index (κ3) is 6.57. The van der Waals surface area contributed by atoms with Crippen LogP contribution in [0.15, 0.2) is 59.7 Å². The van der Waals surface area contributed by atoms with Gasteiger partial charge < -0.3 is 20.1 Å². The number of likely N-dealkylation sites (tertiary alicyclic amines) is 1. The summed E-state index contributed by atoms with van der Waals surface area (Å²) < 4.78 is 0. The van der Waals surface area contributed by atoms with Gasteiger partial charge in [-0.05, 0) is 60.9 Å². The molecule has 9 rings (SSSR count). The lowest BCUT2D eigenvalue weighted by Gasteiger charge is -2.52. The van der Waals surface area contributed by atoms with Crippen LogP contribution in [0.3, 0.4) is 0 Å². The number of hydrogen-bond acceptors (Lipinski definition) is 12. The van der Waals surface area contributed by atoms with Crippen LogP contribution >= 0.6 is 0 Å². The third-order valence-corrected chi connectivity index (χ3v) is 11.7. The van der Waals surface area contributed by atoms with Gasteiger partial charge in [-0.15, -0.1) is 0 Å². The summed E-state index contributed by atoms with van der Waals surface area (Å²) in [6.45, 7) is 9.05. The molecule has 0 radical (unpaired) electrons. The number of piperazine rings is 1. The van der Waals surface area contributed by atoms with Crippen LogP contribution < -0.4 is 26.0 Å². The summed E-state index contributed by atoms with van der Waals surface area (Å²) in [7, 11) is 0. The van der Waals surface area contributed by atoms with Crippen LogP contribution in [0.5, 0.6) is 0 Å². The van der Waals surface area contributed by atoms with Gasteiger partial charge in [-0.25, -0.2) is 4.98 Å². The molecule has 0 aliphatic carbocycles. The summed E-state index contributed by atoms with van der Waals surface area (Å²) in [6.07, 6.45) is 4.52.